The highest BCUT2D eigenvalue weighted by molar-refractivity contribution is 7.91. The van der Waals surface area contributed by atoms with E-state index < -0.39 is 9.84 Å². The molecule has 0 unspecified atom stereocenters. The minimum absolute atomic E-state index is 0.311. The van der Waals surface area contributed by atoms with Crippen molar-refractivity contribution in [2.45, 2.75) is 6.54 Å². The molecule has 1 saturated heterocycles. The van der Waals surface area contributed by atoms with Crippen LogP contribution < -0.4 is 5.32 Å². The Morgan fingerprint density at radius 2 is 1.78 bits per heavy atom. The highest BCUT2D eigenvalue weighted by atomic mass is 32.2. The molecule has 2 rings (SSSR count). The maximum absolute atomic E-state index is 11.3. The van der Waals surface area contributed by atoms with E-state index in [4.69, 9.17) is 0 Å². The van der Waals surface area contributed by atoms with Gasteiger partial charge in [0.05, 0.1) is 11.5 Å². The minimum atomic E-state index is -2.75. The van der Waals surface area contributed by atoms with Gasteiger partial charge in [-0.1, -0.05) is 30.3 Å². The van der Waals surface area contributed by atoms with Crippen molar-refractivity contribution in [2.75, 3.05) is 37.7 Å². The molecule has 0 spiro atoms. The van der Waals surface area contributed by atoms with Gasteiger partial charge < -0.3 is 10.2 Å². The van der Waals surface area contributed by atoms with Crippen LogP contribution in [-0.4, -0.2) is 51.0 Å². The molecule has 0 atom stereocenters. The average Bonchev–Trinajstić information content (AvgIpc) is 2.37. The van der Waals surface area contributed by atoms with Crippen LogP contribution >= 0.6 is 0 Å². The Hall–Kier alpha value is -0.910. The van der Waals surface area contributed by atoms with Crippen LogP contribution in [0.15, 0.2) is 30.3 Å². The number of benzene rings is 1. The minimum Gasteiger partial charge on any atom is -0.311 e. The normalized spacial score (nSPS) is 19.8. The molecule has 1 aliphatic heterocycles. The molecule has 0 radical (unpaired) electrons. The zero-order chi connectivity index (χ0) is 12.8. The summed E-state index contributed by atoms with van der Waals surface area (Å²) < 4.78 is 22.5. The molecule has 0 aromatic heterocycles. The van der Waals surface area contributed by atoms with Gasteiger partial charge >= 0.3 is 0 Å². The lowest BCUT2D eigenvalue weighted by atomic mass is 10.2. The van der Waals surface area contributed by atoms with Gasteiger partial charge in [0.15, 0.2) is 9.84 Å². The first-order chi connectivity index (χ1) is 8.66. The summed E-state index contributed by atoms with van der Waals surface area (Å²) in [7, 11) is -2.75. The van der Waals surface area contributed by atoms with Crippen LogP contribution in [0.1, 0.15) is 5.56 Å². The molecule has 100 valence electrons. The fraction of sp³-hybridized carbons (Fsp3) is 0.538. The number of nitrogens with one attached hydrogen (secondary N) is 1. The van der Waals surface area contributed by atoms with E-state index in [0.29, 0.717) is 24.6 Å². The summed E-state index contributed by atoms with van der Waals surface area (Å²) in [5.74, 6) is 0.622. The maximum Gasteiger partial charge on any atom is 0.152 e. The smallest absolute Gasteiger partial charge is 0.152 e. The molecule has 1 heterocycles. The van der Waals surface area contributed by atoms with E-state index >= 15 is 0 Å². The Bertz CT molecular complexity index is 445. The molecule has 0 aliphatic carbocycles. The quantitative estimate of drug-likeness (QED) is 0.790. The largest absolute Gasteiger partial charge is 0.311 e. The van der Waals surface area contributed by atoms with Gasteiger partial charge in [-0.25, -0.2) is 8.42 Å². The first-order valence-corrected chi connectivity index (χ1v) is 8.15. The zero-order valence-corrected chi connectivity index (χ0v) is 11.3. The Kier molecular flexibility index (Phi) is 4.74. The van der Waals surface area contributed by atoms with Crippen LogP contribution in [0, 0.1) is 0 Å². The predicted octanol–water partition coefficient (Wildman–Crippen LogP) is 0.507. The third-order valence-electron chi connectivity index (χ3n) is 3.21. The van der Waals surface area contributed by atoms with Gasteiger partial charge in [0.25, 0.3) is 0 Å². The Morgan fingerprint density at radius 1 is 1.11 bits per heavy atom. The van der Waals surface area contributed by atoms with Crippen molar-refractivity contribution in [2.24, 2.45) is 0 Å². The third-order valence-corrected chi connectivity index (χ3v) is 4.82. The molecule has 0 bridgehead atoms. The van der Waals surface area contributed by atoms with Crippen molar-refractivity contribution in [3.05, 3.63) is 35.9 Å². The lowest BCUT2D eigenvalue weighted by molar-refractivity contribution is 0.294. The summed E-state index contributed by atoms with van der Waals surface area (Å²) >= 11 is 0. The summed E-state index contributed by atoms with van der Waals surface area (Å²) in [6, 6.07) is 10.3. The van der Waals surface area contributed by atoms with Crippen LogP contribution in [0.3, 0.4) is 0 Å². The van der Waals surface area contributed by atoms with Crippen molar-refractivity contribution in [1.29, 1.82) is 0 Å². The van der Waals surface area contributed by atoms with Crippen molar-refractivity contribution in [1.82, 2.24) is 10.2 Å². The fourth-order valence-corrected chi connectivity index (χ4v) is 3.32. The van der Waals surface area contributed by atoms with Crippen LogP contribution in [0.2, 0.25) is 0 Å². The zero-order valence-electron chi connectivity index (χ0n) is 10.5. The number of sulfone groups is 1. The molecular weight excluding hydrogens is 248 g/mol. The highest BCUT2D eigenvalue weighted by Crippen LogP contribution is 2.02. The summed E-state index contributed by atoms with van der Waals surface area (Å²) in [6.07, 6.45) is 0. The van der Waals surface area contributed by atoms with E-state index in [0.717, 1.165) is 19.6 Å². The molecule has 1 aromatic carbocycles. The van der Waals surface area contributed by atoms with Crippen LogP contribution in [0.5, 0.6) is 0 Å². The van der Waals surface area contributed by atoms with Crippen molar-refractivity contribution in [3.8, 4) is 0 Å². The lowest BCUT2D eigenvalue weighted by Gasteiger charge is -2.26. The lowest BCUT2D eigenvalue weighted by Crippen LogP contribution is -2.43. The summed E-state index contributed by atoms with van der Waals surface area (Å²) in [5.41, 5.74) is 1.28. The number of hydrogen-bond donors (Lipinski definition) is 1. The first-order valence-electron chi connectivity index (χ1n) is 6.33. The van der Waals surface area contributed by atoms with Gasteiger partial charge in [-0.2, -0.15) is 0 Å². The molecule has 18 heavy (non-hydrogen) atoms. The van der Waals surface area contributed by atoms with E-state index in [1.54, 1.807) is 0 Å². The SMILES string of the molecule is O=S1(=O)CCN(CCNCc2ccccc2)CC1. The van der Waals surface area contributed by atoms with E-state index in [-0.39, 0.29) is 0 Å². The Balaban J connectivity index is 1.62. The second kappa shape index (κ2) is 6.31. The Labute approximate surface area is 109 Å². The van der Waals surface area contributed by atoms with E-state index in [1.807, 2.05) is 18.2 Å². The van der Waals surface area contributed by atoms with Gasteiger partial charge in [0.2, 0.25) is 0 Å². The molecule has 0 amide bonds. The van der Waals surface area contributed by atoms with Gasteiger partial charge in [0.1, 0.15) is 0 Å². The van der Waals surface area contributed by atoms with Crippen molar-refractivity contribution in [3.63, 3.8) is 0 Å². The summed E-state index contributed by atoms with van der Waals surface area (Å²) in [5, 5.41) is 3.38. The Morgan fingerprint density at radius 3 is 2.44 bits per heavy atom. The number of rotatable bonds is 5. The van der Waals surface area contributed by atoms with Gasteiger partial charge in [-0.3, -0.25) is 0 Å². The molecule has 1 N–H and O–H groups in total. The van der Waals surface area contributed by atoms with Crippen LogP contribution in [0.4, 0.5) is 0 Å². The van der Waals surface area contributed by atoms with Crippen LogP contribution in [0.25, 0.3) is 0 Å². The second-order valence-corrected chi connectivity index (χ2v) is 6.96. The fourth-order valence-electron chi connectivity index (χ4n) is 2.04. The average molecular weight is 268 g/mol. The monoisotopic (exact) mass is 268 g/mol. The molecule has 1 aliphatic rings. The summed E-state index contributed by atoms with van der Waals surface area (Å²) in [6.45, 7) is 4.04. The van der Waals surface area contributed by atoms with E-state index in [1.165, 1.54) is 5.56 Å². The highest BCUT2D eigenvalue weighted by Gasteiger charge is 2.20. The van der Waals surface area contributed by atoms with Crippen molar-refractivity contribution < 1.29 is 8.42 Å². The maximum atomic E-state index is 11.3. The summed E-state index contributed by atoms with van der Waals surface area (Å²) in [4.78, 5) is 2.21. The molecule has 5 heteroatoms. The molecule has 0 saturated carbocycles. The standard InChI is InChI=1S/C13H20N2O2S/c16-18(17)10-8-15(9-11-18)7-6-14-12-13-4-2-1-3-5-13/h1-5,14H,6-12H2. The second-order valence-electron chi connectivity index (χ2n) is 4.66. The number of hydrogen-bond acceptors (Lipinski definition) is 4. The van der Waals surface area contributed by atoms with Crippen LogP contribution in [-0.2, 0) is 16.4 Å². The first kappa shape index (κ1) is 13.5. The van der Waals surface area contributed by atoms with Gasteiger partial charge in [-0.05, 0) is 5.56 Å². The molecule has 1 fully saturated rings. The number of nitrogens with zero attached hydrogens (tertiary/aromatic N) is 1. The molecular formula is C13H20N2O2S. The predicted molar refractivity (Wildman–Crippen MR) is 73.2 cm³/mol. The molecule has 1 aromatic rings. The van der Waals surface area contributed by atoms with Gasteiger partial charge in [-0.15, -0.1) is 0 Å². The van der Waals surface area contributed by atoms with E-state index in [9.17, 15) is 8.42 Å². The molecule has 4 nitrogen and oxygen atoms in total. The van der Waals surface area contributed by atoms with Gasteiger partial charge in [0, 0.05) is 32.7 Å². The van der Waals surface area contributed by atoms with E-state index in [2.05, 4.69) is 22.3 Å². The third kappa shape index (κ3) is 4.40. The van der Waals surface area contributed by atoms with Crippen molar-refractivity contribution >= 4 is 9.84 Å². The topological polar surface area (TPSA) is 49.4 Å².